The van der Waals surface area contributed by atoms with E-state index in [9.17, 15) is 5.11 Å². The quantitative estimate of drug-likeness (QED) is 0.695. The van der Waals surface area contributed by atoms with Crippen LogP contribution in [0.1, 0.15) is 36.8 Å². The first-order chi connectivity index (χ1) is 6.18. The number of aromatic nitrogens is 3. The van der Waals surface area contributed by atoms with E-state index in [1.165, 1.54) is 0 Å². The summed E-state index contributed by atoms with van der Waals surface area (Å²) in [6.07, 6.45) is 2.76. The van der Waals surface area contributed by atoms with Gasteiger partial charge >= 0.3 is 0 Å². The number of aryl methyl sites for hydroxylation is 2. The van der Waals surface area contributed by atoms with Gasteiger partial charge in [-0.15, -0.1) is 0 Å². The van der Waals surface area contributed by atoms with Gasteiger partial charge in [-0.05, 0) is 19.8 Å². The summed E-state index contributed by atoms with van der Waals surface area (Å²) in [5.74, 6) is 1.89. The van der Waals surface area contributed by atoms with E-state index in [2.05, 4.69) is 10.1 Å². The lowest BCUT2D eigenvalue weighted by Crippen LogP contribution is -2.12. The number of aliphatic hydroxyl groups excluding tert-OH is 1. The van der Waals surface area contributed by atoms with E-state index in [4.69, 9.17) is 0 Å². The second kappa shape index (κ2) is 3.10. The summed E-state index contributed by atoms with van der Waals surface area (Å²) in [5, 5.41) is 13.9. The molecule has 0 aliphatic heterocycles. The molecule has 1 aromatic rings. The average Bonchev–Trinajstić information content (AvgIpc) is 2.60. The molecule has 1 saturated carbocycles. The van der Waals surface area contributed by atoms with Gasteiger partial charge in [-0.3, -0.25) is 4.68 Å². The van der Waals surface area contributed by atoms with Crippen LogP contribution in [0.15, 0.2) is 0 Å². The molecule has 13 heavy (non-hydrogen) atoms. The fraction of sp³-hybridized carbons (Fsp3) is 0.778. The molecule has 0 amide bonds. The van der Waals surface area contributed by atoms with Gasteiger partial charge in [0, 0.05) is 13.0 Å². The van der Waals surface area contributed by atoms with Gasteiger partial charge in [0.15, 0.2) is 5.82 Å². The second-order valence-corrected chi connectivity index (χ2v) is 3.75. The molecule has 1 aliphatic rings. The Morgan fingerprint density at radius 3 is 2.69 bits per heavy atom. The number of nitrogens with zero attached hydrogens (tertiary/aromatic N) is 3. The molecular formula is C9H15N3O. The van der Waals surface area contributed by atoms with Crippen molar-refractivity contribution in [2.75, 3.05) is 0 Å². The van der Waals surface area contributed by atoms with Gasteiger partial charge < -0.3 is 5.11 Å². The predicted octanol–water partition coefficient (Wildman–Crippen LogP) is 0.752. The van der Waals surface area contributed by atoms with Crippen molar-refractivity contribution in [2.45, 2.75) is 38.2 Å². The van der Waals surface area contributed by atoms with Crippen molar-refractivity contribution in [1.82, 2.24) is 14.8 Å². The van der Waals surface area contributed by atoms with E-state index in [-0.39, 0.29) is 12.0 Å². The van der Waals surface area contributed by atoms with Gasteiger partial charge in [0.25, 0.3) is 0 Å². The predicted molar refractivity (Wildman–Crippen MR) is 48.3 cm³/mol. The Morgan fingerprint density at radius 1 is 1.46 bits per heavy atom. The molecule has 2 atom stereocenters. The minimum Gasteiger partial charge on any atom is -0.392 e. The Balaban J connectivity index is 2.24. The standard InChI is InChI=1S/C9H15N3O/c1-6-10-9(11-12(6)2)7-4-3-5-8(7)13/h7-8,13H,3-5H2,1-2H3. The van der Waals surface area contributed by atoms with Crippen molar-refractivity contribution in [3.63, 3.8) is 0 Å². The van der Waals surface area contributed by atoms with Gasteiger partial charge in [-0.2, -0.15) is 5.10 Å². The first kappa shape index (κ1) is 8.69. The monoisotopic (exact) mass is 181 g/mol. The van der Waals surface area contributed by atoms with Gasteiger partial charge in [-0.25, -0.2) is 4.98 Å². The lowest BCUT2D eigenvalue weighted by Gasteiger charge is -2.08. The van der Waals surface area contributed by atoms with Crippen LogP contribution in [-0.4, -0.2) is 26.0 Å². The molecule has 1 aliphatic carbocycles. The number of hydrogen-bond acceptors (Lipinski definition) is 3. The van der Waals surface area contributed by atoms with E-state index in [1.807, 2.05) is 14.0 Å². The zero-order valence-corrected chi connectivity index (χ0v) is 8.06. The number of hydrogen-bond donors (Lipinski definition) is 1. The molecule has 0 spiro atoms. The summed E-state index contributed by atoms with van der Waals surface area (Å²) < 4.78 is 1.76. The molecule has 72 valence electrons. The molecule has 2 unspecified atom stereocenters. The Hall–Kier alpha value is -0.900. The maximum absolute atomic E-state index is 9.65. The lowest BCUT2D eigenvalue weighted by molar-refractivity contribution is 0.160. The fourth-order valence-corrected chi connectivity index (χ4v) is 1.89. The highest BCUT2D eigenvalue weighted by atomic mass is 16.3. The van der Waals surface area contributed by atoms with Crippen LogP contribution in [0.5, 0.6) is 0 Å². The van der Waals surface area contributed by atoms with Crippen molar-refractivity contribution >= 4 is 0 Å². The Kier molecular flexibility index (Phi) is 2.07. The lowest BCUT2D eigenvalue weighted by atomic mass is 10.1. The van der Waals surface area contributed by atoms with Gasteiger partial charge in [0.1, 0.15) is 5.82 Å². The van der Waals surface area contributed by atoms with Crippen LogP contribution in [0.4, 0.5) is 0 Å². The van der Waals surface area contributed by atoms with E-state index in [0.29, 0.717) is 0 Å². The van der Waals surface area contributed by atoms with Crippen molar-refractivity contribution in [3.05, 3.63) is 11.6 Å². The van der Waals surface area contributed by atoms with Gasteiger partial charge in [0.05, 0.1) is 6.10 Å². The highest BCUT2D eigenvalue weighted by Gasteiger charge is 2.29. The van der Waals surface area contributed by atoms with Crippen molar-refractivity contribution in [3.8, 4) is 0 Å². The average molecular weight is 181 g/mol. The zero-order chi connectivity index (χ0) is 9.42. The van der Waals surface area contributed by atoms with Crippen LogP contribution in [0.2, 0.25) is 0 Å². The second-order valence-electron chi connectivity index (χ2n) is 3.75. The SMILES string of the molecule is Cc1nc(C2CCCC2O)nn1C. The first-order valence-corrected chi connectivity index (χ1v) is 4.74. The van der Waals surface area contributed by atoms with Gasteiger partial charge in [-0.1, -0.05) is 6.42 Å². The van der Waals surface area contributed by atoms with E-state index < -0.39 is 0 Å². The Morgan fingerprint density at radius 2 is 2.23 bits per heavy atom. The fourth-order valence-electron chi connectivity index (χ4n) is 1.89. The third kappa shape index (κ3) is 1.46. The number of aliphatic hydroxyl groups is 1. The zero-order valence-electron chi connectivity index (χ0n) is 8.06. The summed E-state index contributed by atoms with van der Waals surface area (Å²) in [5.41, 5.74) is 0. The first-order valence-electron chi connectivity index (χ1n) is 4.74. The molecule has 1 N–H and O–H groups in total. The third-order valence-corrected chi connectivity index (χ3v) is 2.81. The van der Waals surface area contributed by atoms with Gasteiger partial charge in [0.2, 0.25) is 0 Å². The smallest absolute Gasteiger partial charge is 0.156 e. The maximum atomic E-state index is 9.65. The highest BCUT2D eigenvalue weighted by Crippen LogP contribution is 2.32. The minimum absolute atomic E-state index is 0.167. The molecule has 0 bridgehead atoms. The van der Waals surface area contributed by atoms with Crippen LogP contribution < -0.4 is 0 Å². The Labute approximate surface area is 77.6 Å². The molecule has 2 rings (SSSR count). The van der Waals surface area contributed by atoms with Crippen molar-refractivity contribution in [1.29, 1.82) is 0 Å². The molecular weight excluding hydrogens is 166 g/mol. The molecule has 0 radical (unpaired) electrons. The third-order valence-electron chi connectivity index (χ3n) is 2.81. The van der Waals surface area contributed by atoms with E-state index in [1.54, 1.807) is 4.68 Å². The number of rotatable bonds is 1. The van der Waals surface area contributed by atoms with Crippen LogP contribution in [-0.2, 0) is 7.05 Å². The summed E-state index contributed by atoms with van der Waals surface area (Å²) in [7, 11) is 1.88. The minimum atomic E-state index is -0.234. The normalized spacial score (nSPS) is 28.2. The molecule has 0 saturated heterocycles. The summed E-state index contributed by atoms with van der Waals surface area (Å²) >= 11 is 0. The van der Waals surface area contributed by atoms with Crippen molar-refractivity contribution in [2.24, 2.45) is 7.05 Å². The maximum Gasteiger partial charge on any atom is 0.156 e. The summed E-state index contributed by atoms with van der Waals surface area (Å²) in [4.78, 5) is 4.33. The molecule has 4 heteroatoms. The van der Waals surface area contributed by atoms with Crippen LogP contribution in [0.3, 0.4) is 0 Å². The molecule has 1 heterocycles. The Bertz CT molecular complexity index is 288. The highest BCUT2D eigenvalue weighted by molar-refractivity contribution is 5.03. The molecule has 1 aromatic heterocycles. The van der Waals surface area contributed by atoms with E-state index in [0.717, 1.165) is 30.9 Å². The largest absolute Gasteiger partial charge is 0.392 e. The van der Waals surface area contributed by atoms with Crippen LogP contribution in [0, 0.1) is 6.92 Å². The molecule has 4 nitrogen and oxygen atoms in total. The molecule has 0 aromatic carbocycles. The van der Waals surface area contributed by atoms with Crippen LogP contribution in [0.25, 0.3) is 0 Å². The molecule has 1 fully saturated rings. The van der Waals surface area contributed by atoms with Crippen molar-refractivity contribution < 1.29 is 5.11 Å². The summed E-state index contributed by atoms with van der Waals surface area (Å²) in [6.45, 7) is 1.93. The van der Waals surface area contributed by atoms with Crippen LogP contribution >= 0.6 is 0 Å². The van der Waals surface area contributed by atoms with E-state index >= 15 is 0 Å². The topological polar surface area (TPSA) is 50.9 Å². The summed E-state index contributed by atoms with van der Waals surface area (Å²) in [6, 6.07) is 0.